The van der Waals surface area contributed by atoms with Crippen LogP contribution in [0.4, 0.5) is 4.39 Å². The summed E-state index contributed by atoms with van der Waals surface area (Å²) in [4.78, 5) is 14.6. The first-order valence-corrected chi connectivity index (χ1v) is 11.9. The highest BCUT2D eigenvalue weighted by Crippen LogP contribution is 2.26. The van der Waals surface area contributed by atoms with Gasteiger partial charge >= 0.3 is 0 Å². The van der Waals surface area contributed by atoms with E-state index in [4.69, 9.17) is 14.2 Å². The summed E-state index contributed by atoms with van der Waals surface area (Å²) in [6, 6.07) is 13.5. The smallest absolute Gasteiger partial charge is 0.233 e. The molecule has 180 valence electrons. The Morgan fingerprint density at radius 3 is 2.44 bits per heavy atom. The van der Waals surface area contributed by atoms with E-state index in [9.17, 15) is 9.18 Å². The first kappa shape index (κ1) is 24.0. The van der Waals surface area contributed by atoms with Crippen LogP contribution in [0, 0.1) is 5.82 Å². The highest BCUT2D eigenvalue weighted by Gasteiger charge is 2.26. The van der Waals surface area contributed by atoms with Gasteiger partial charge in [-0.15, -0.1) is 10.2 Å². The largest absolute Gasteiger partial charge is 0.497 e. The SMILES string of the molecule is COc1ccc(OCc2nnc(SCC(=O)N3CC(C)OC(C)C3)n2-c2ccccc2F)cc1. The summed E-state index contributed by atoms with van der Waals surface area (Å²) in [5.74, 6) is 1.47. The van der Waals surface area contributed by atoms with Crippen LogP contribution in [0.15, 0.2) is 53.7 Å². The maximum Gasteiger partial charge on any atom is 0.233 e. The number of nitrogens with zero attached hydrogens (tertiary/aromatic N) is 4. The van der Waals surface area contributed by atoms with Crippen LogP contribution in [0.1, 0.15) is 19.7 Å². The number of methoxy groups -OCH3 is 1. The monoisotopic (exact) mass is 486 g/mol. The number of para-hydroxylation sites is 1. The van der Waals surface area contributed by atoms with E-state index in [1.165, 1.54) is 17.8 Å². The van der Waals surface area contributed by atoms with Gasteiger partial charge in [-0.25, -0.2) is 4.39 Å². The zero-order chi connectivity index (χ0) is 24.1. The predicted octanol–water partition coefficient (Wildman–Crippen LogP) is 3.72. The topological polar surface area (TPSA) is 78.7 Å². The van der Waals surface area contributed by atoms with Crippen molar-refractivity contribution in [1.82, 2.24) is 19.7 Å². The summed E-state index contributed by atoms with van der Waals surface area (Å²) >= 11 is 1.22. The van der Waals surface area contributed by atoms with E-state index in [2.05, 4.69) is 10.2 Å². The Morgan fingerprint density at radius 2 is 1.76 bits per heavy atom. The Hall–Kier alpha value is -3.11. The number of amides is 1. The van der Waals surface area contributed by atoms with E-state index in [1.807, 2.05) is 13.8 Å². The van der Waals surface area contributed by atoms with Crippen molar-refractivity contribution >= 4 is 17.7 Å². The fourth-order valence-electron chi connectivity index (χ4n) is 3.78. The molecule has 0 saturated carbocycles. The summed E-state index contributed by atoms with van der Waals surface area (Å²) in [6.07, 6.45) is -0.0250. The molecule has 0 spiro atoms. The highest BCUT2D eigenvalue weighted by atomic mass is 32.2. The van der Waals surface area contributed by atoms with E-state index in [0.29, 0.717) is 41.3 Å². The Labute approximate surface area is 202 Å². The zero-order valence-corrected chi connectivity index (χ0v) is 20.1. The molecule has 10 heteroatoms. The number of ether oxygens (including phenoxy) is 3. The molecule has 34 heavy (non-hydrogen) atoms. The number of rotatable bonds is 8. The number of carbonyl (C=O) groups excluding carboxylic acids is 1. The third-order valence-corrected chi connectivity index (χ3v) is 6.23. The molecule has 1 aromatic heterocycles. The molecule has 2 unspecified atom stereocenters. The lowest BCUT2D eigenvalue weighted by Gasteiger charge is -2.35. The van der Waals surface area contributed by atoms with Crippen molar-refractivity contribution in [2.24, 2.45) is 0 Å². The number of benzene rings is 2. The lowest BCUT2D eigenvalue weighted by Crippen LogP contribution is -2.48. The molecule has 4 rings (SSSR count). The maximum absolute atomic E-state index is 14.7. The summed E-state index contributed by atoms with van der Waals surface area (Å²) < 4.78 is 33.0. The second-order valence-corrected chi connectivity index (χ2v) is 8.94. The third-order valence-electron chi connectivity index (χ3n) is 5.32. The molecule has 0 aliphatic carbocycles. The predicted molar refractivity (Wildman–Crippen MR) is 126 cm³/mol. The van der Waals surface area contributed by atoms with Gasteiger partial charge < -0.3 is 19.1 Å². The zero-order valence-electron chi connectivity index (χ0n) is 19.3. The number of carbonyl (C=O) groups is 1. The molecule has 2 heterocycles. The van der Waals surface area contributed by atoms with Crippen molar-refractivity contribution in [3.63, 3.8) is 0 Å². The quantitative estimate of drug-likeness (QED) is 0.449. The van der Waals surface area contributed by atoms with Gasteiger partial charge in [-0.3, -0.25) is 9.36 Å². The fourth-order valence-corrected chi connectivity index (χ4v) is 4.65. The van der Waals surface area contributed by atoms with E-state index in [1.54, 1.807) is 59.0 Å². The average molecular weight is 487 g/mol. The normalized spacial score (nSPS) is 18.1. The molecule has 0 bridgehead atoms. The number of aromatic nitrogens is 3. The van der Waals surface area contributed by atoms with Crippen molar-refractivity contribution in [1.29, 1.82) is 0 Å². The van der Waals surface area contributed by atoms with Crippen molar-refractivity contribution < 1.29 is 23.4 Å². The van der Waals surface area contributed by atoms with Crippen LogP contribution in [0.5, 0.6) is 11.5 Å². The number of hydrogen-bond acceptors (Lipinski definition) is 7. The Bertz CT molecular complexity index is 1110. The average Bonchev–Trinajstić information content (AvgIpc) is 3.23. The molecule has 8 nitrogen and oxygen atoms in total. The Balaban J connectivity index is 1.52. The van der Waals surface area contributed by atoms with Gasteiger partial charge in [0.05, 0.1) is 30.8 Å². The molecule has 0 N–H and O–H groups in total. The summed E-state index contributed by atoms with van der Waals surface area (Å²) in [7, 11) is 1.59. The summed E-state index contributed by atoms with van der Waals surface area (Å²) in [5.41, 5.74) is 0.296. The molecule has 1 saturated heterocycles. The van der Waals surface area contributed by atoms with Crippen molar-refractivity contribution in [2.75, 3.05) is 26.0 Å². The van der Waals surface area contributed by atoms with Crippen molar-refractivity contribution in [2.45, 2.75) is 37.8 Å². The van der Waals surface area contributed by atoms with Gasteiger partial charge in [0.25, 0.3) is 0 Å². The van der Waals surface area contributed by atoms with Crippen LogP contribution in [0.25, 0.3) is 5.69 Å². The van der Waals surface area contributed by atoms with Crippen LogP contribution >= 0.6 is 11.8 Å². The minimum Gasteiger partial charge on any atom is -0.497 e. The fraction of sp³-hybridized carbons (Fsp3) is 0.375. The molecule has 1 aliphatic rings. The lowest BCUT2D eigenvalue weighted by molar-refractivity contribution is -0.140. The van der Waals surface area contributed by atoms with Crippen LogP contribution in [-0.2, 0) is 16.1 Å². The van der Waals surface area contributed by atoms with Gasteiger partial charge in [0, 0.05) is 13.1 Å². The minimum absolute atomic E-state index is 0.0125. The van der Waals surface area contributed by atoms with Crippen molar-refractivity contribution in [3.8, 4) is 17.2 Å². The molecule has 0 radical (unpaired) electrons. The van der Waals surface area contributed by atoms with Gasteiger partial charge in [0.15, 0.2) is 11.0 Å². The molecule has 1 aliphatic heterocycles. The molecule has 2 aromatic carbocycles. The van der Waals surface area contributed by atoms with Gasteiger partial charge in [0.2, 0.25) is 5.91 Å². The van der Waals surface area contributed by atoms with Gasteiger partial charge in [0.1, 0.15) is 23.9 Å². The second-order valence-electron chi connectivity index (χ2n) is 7.99. The number of thioether (sulfide) groups is 1. The molecular weight excluding hydrogens is 459 g/mol. The molecule has 1 fully saturated rings. The van der Waals surface area contributed by atoms with Crippen LogP contribution in [0.2, 0.25) is 0 Å². The second kappa shape index (κ2) is 10.9. The van der Waals surface area contributed by atoms with Crippen molar-refractivity contribution in [3.05, 3.63) is 60.2 Å². The van der Waals surface area contributed by atoms with Gasteiger partial charge in [-0.1, -0.05) is 23.9 Å². The first-order chi connectivity index (χ1) is 16.4. The molecular formula is C24H27FN4O4S. The minimum atomic E-state index is -0.419. The Morgan fingerprint density at radius 1 is 1.09 bits per heavy atom. The first-order valence-electron chi connectivity index (χ1n) is 11.0. The van der Waals surface area contributed by atoms with Crippen LogP contribution in [-0.4, -0.2) is 63.7 Å². The standard InChI is InChI=1S/C24H27FN4O4S/c1-16-12-28(13-17(2)33-16)23(30)15-34-24-27-26-22(29(24)21-7-5-4-6-20(21)25)14-32-19-10-8-18(31-3)9-11-19/h4-11,16-17H,12-15H2,1-3H3. The number of morpholine rings is 1. The lowest BCUT2D eigenvalue weighted by atomic mass is 10.2. The number of hydrogen-bond donors (Lipinski definition) is 0. The number of halogens is 1. The third kappa shape index (κ3) is 5.68. The molecule has 2 atom stereocenters. The highest BCUT2D eigenvalue weighted by molar-refractivity contribution is 7.99. The van der Waals surface area contributed by atoms with E-state index >= 15 is 0 Å². The maximum atomic E-state index is 14.7. The van der Waals surface area contributed by atoms with Gasteiger partial charge in [-0.2, -0.15) is 0 Å². The van der Waals surface area contributed by atoms with Gasteiger partial charge in [-0.05, 0) is 50.2 Å². The van der Waals surface area contributed by atoms with E-state index in [-0.39, 0.29) is 30.5 Å². The van der Waals surface area contributed by atoms with Crippen LogP contribution in [0.3, 0.4) is 0 Å². The van der Waals surface area contributed by atoms with E-state index in [0.717, 1.165) is 0 Å². The molecule has 1 amide bonds. The summed E-state index contributed by atoms with van der Waals surface area (Å²) in [6.45, 7) is 5.07. The molecule has 3 aromatic rings. The Kier molecular flexibility index (Phi) is 7.69. The van der Waals surface area contributed by atoms with Crippen LogP contribution < -0.4 is 9.47 Å². The van der Waals surface area contributed by atoms with E-state index < -0.39 is 5.82 Å². The summed E-state index contributed by atoms with van der Waals surface area (Å²) in [5, 5.41) is 8.88.